The van der Waals surface area contributed by atoms with E-state index in [1.165, 1.54) is 0 Å². The number of carbonyl (C=O) groups is 1. The van der Waals surface area contributed by atoms with E-state index in [1.54, 1.807) is 36.6 Å². The summed E-state index contributed by atoms with van der Waals surface area (Å²) in [7, 11) is 0. The van der Waals surface area contributed by atoms with Crippen molar-refractivity contribution in [2.45, 2.75) is 6.92 Å². The summed E-state index contributed by atoms with van der Waals surface area (Å²) < 4.78 is 4.98. The average molecular weight is 298 g/mol. The van der Waals surface area contributed by atoms with Crippen LogP contribution >= 0.6 is 11.6 Å². The Morgan fingerprint density at radius 2 is 1.76 bits per heavy atom. The van der Waals surface area contributed by atoms with Gasteiger partial charge in [-0.3, -0.25) is 4.79 Å². The molecule has 1 aromatic heterocycles. The lowest BCUT2D eigenvalue weighted by Gasteiger charge is -2.07. The lowest BCUT2D eigenvalue weighted by molar-refractivity contribution is 0.103. The number of ketones is 1. The van der Waals surface area contributed by atoms with E-state index in [9.17, 15) is 4.79 Å². The number of carbonyl (C=O) groups excluding carboxylic acids is 1. The first kappa shape index (κ1) is 13.6. The van der Waals surface area contributed by atoms with Gasteiger partial charge in [0.05, 0.1) is 5.69 Å². The number of aromatic nitrogens is 1. The molecule has 0 saturated carbocycles. The van der Waals surface area contributed by atoms with Crippen LogP contribution in [0.2, 0.25) is 5.02 Å². The Hall–Kier alpha value is -2.39. The molecule has 0 N–H and O–H groups in total. The number of nitrogens with zero attached hydrogens (tertiary/aromatic N) is 1. The summed E-state index contributed by atoms with van der Waals surface area (Å²) in [5.74, 6) is -0.0529. The third kappa shape index (κ3) is 2.60. The number of hydrogen-bond donors (Lipinski definition) is 0. The highest BCUT2D eigenvalue weighted by molar-refractivity contribution is 6.30. The number of aryl methyl sites for hydroxylation is 1. The van der Waals surface area contributed by atoms with Gasteiger partial charge in [0.2, 0.25) is 0 Å². The molecule has 3 aromatic rings. The zero-order chi connectivity index (χ0) is 14.8. The Morgan fingerprint density at radius 3 is 2.43 bits per heavy atom. The number of halogens is 1. The van der Waals surface area contributed by atoms with Gasteiger partial charge in [-0.1, -0.05) is 41.0 Å². The fourth-order valence-corrected chi connectivity index (χ4v) is 2.35. The number of benzene rings is 2. The van der Waals surface area contributed by atoms with E-state index in [4.69, 9.17) is 16.1 Å². The summed E-state index contributed by atoms with van der Waals surface area (Å²) in [5, 5.41) is 4.48. The molecule has 0 aliphatic heterocycles. The van der Waals surface area contributed by atoms with E-state index < -0.39 is 0 Å². The fraction of sp³-hybridized carbons (Fsp3) is 0.0588. The second kappa shape index (κ2) is 5.54. The zero-order valence-electron chi connectivity index (χ0n) is 11.3. The molecule has 21 heavy (non-hydrogen) atoms. The summed E-state index contributed by atoms with van der Waals surface area (Å²) in [6, 6.07) is 14.3. The maximum absolute atomic E-state index is 12.7. The molecular weight excluding hydrogens is 286 g/mol. The van der Waals surface area contributed by atoms with Gasteiger partial charge in [0.1, 0.15) is 6.26 Å². The van der Waals surface area contributed by atoms with Crippen molar-refractivity contribution in [1.82, 2.24) is 5.16 Å². The molecule has 0 fully saturated rings. The Bertz CT molecular complexity index is 791. The van der Waals surface area contributed by atoms with Gasteiger partial charge in [-0.05, 0) is 36.8 Å². The topological polar surface area (TPSA) is 43.1 Å². The summed E-state index contributed by atoms with van der Waals surface area (Å²) >= 11 is 5.86. The van der Waals surface area contributed by atoms with Crippen LogP contribution in [0.3, 0.4) is 0 Å². The maximum Gasteiger partial charge on any atom is 0.193 e. The fourth-order valence-electron chi connectivity index (χ4n) is 2.22. The van der Waals surface area contributed by atoms with E-state index in [-0.39, 0.29) is 5.78 Å². The summed E-state index contributed by atoms with van der Waals surface area (Å²) in [4.78, 5) is 12.7. The molecule has 0 aliphatic rings. The highest BCUT2D eigenvalue weighted by Crippen LogP contribution is 2.28. The van der Waals surface area contributed by atoms with Crippen LogP contribution in [-0.4, -0.2) is 10.9 Å². The van der Waals surface area contributed by atoms with Crippen molar-refractivity contribution in [1.29, 1.82) is 0 Å². The maximum atomic E-state index is 12.7. The van der Waals surface area contributed by atoms with Gasteiger partial charge in [-0.2, -0.15) is 0 Å². The zero-order valence-corrected chi connectivity index (χ0v) is 12.1. The summed E-state index contributed by atoms with van der Waals surface area (Å²) in [6.07, 6.45) is 1.56. The van der Waals surface area contributed by atoms with Gasteiger partial charge in [-0.15, -0.1) is 0 Å². The van der Waals surface area contributed by atoms with Crippen LogP contribution in [0.1, 0.15) is 21.6 Å². The Labute approximate surface area is 127 Å². The monoisotopic (exact) mass is 297 g/mol. The Morgan fingerprint density at radius 1 is 1.05 bits per heavy atom. The first-order valence-electron chi connectivity index (χ1n) is 6.47. The van der Waals surface area contributed by atoms with Crippen molar-refractivity contribution in [3.63, 3.8) is 0 Å². The van der Waals surface area contributed by atoms with Crippen LogP contribution in [0.5, 0.6) is 0 Å². The molecule has 0 unspecified atom stereocenters. The van der Waals surface area contributed by atoms with Crippen LogP contribution in [0.15, 0.2) is 59.3 Å². The molecule has 1 heterocycles. The van der Waals surface area contributed by atoms with Crippen molar-refractivity contribution in [3.8, 4) is 11.1 Å². The minimum Gasteiger partial charge on any atom is -0.364 e. The highest BCUT2D eigenvalue weighted by atomic mass is 35.5. The first-order valence-corrected chi connectivity index (χ1v) is 6.85. The molecule has 0 radical (unpaired) electrons. The largest absolute Gasteiger partial charge is 0.364 e. The smallest absolute Gasteiger partial charge is 0.193 e. The molecular formula is C17H12ClNO2. The van der Waals surface area contributed by atoms with Crippen molar-refractivity contribution in [2.75, 3.05) is 0 Å². The van der Waals surface area contributed by atoms with E-state index in [1.807, 2.05) is 25.1 Å². The third-order valence-electron chi connectivity index (χ3n) is 3.32. The van der Waals surface area contributed by atoms with Crippen molar-refractivity contribution >= 4 is 17.4 Å². The second-order valence-corrected chi connectivity index (χ2v) is 5.13. The predicted octanol–water partition coefficient (Wildman–Crippen LogP) is 4.53. The van der Waals surface area contributed by atoms with Crippen molar-refractivity contribution in [3.05, 3.63) is 76.6 Å². The molecule has 2 aromatic carbocycles. The third-order valence-corrected chi connectivity index (χ3v) is 3.57. The second-order valence-electron chi connectivity index (χ2n) is 4.70. The van der Waals surface area contributed by atoms with Gasteiger partial charge >= 0.3 is 0 Å². The standard InChI is InChI=1S/C17H12ClNO2/c1-11-16(10-21-19-11)14-4-2-3-5-15(14)17(20)12-6-8-13(18)9-7-12/h2-10H,1H3. The molecule has 3 rings (SSSR count). The predicted molar refractivity (Wildman–Crippen MR) is 81.6 cm³/mol. The first-order chi connectivity index (χ1) is 10.2. The Balaban J connectivity index is 2.09. The number of rotatable bonds is 3. The van der Waals surface area contributed by atoms with E-state index in [2.05, 4.69) is 5.16 Å². The van der Waals surface area contributed by atoms with Crippen LogP contribution in [0.25, 0.3) is 11.1 Å². The van der Waals surface area contributed by atoms with E-state index in [0.29, 0.717) is 16.1 Å². The quantitative estimate of drug-likeness (QED) is 0.667. The molecule has 0 aliphatic carbocycles. The van der Waals surface area contributed by atoms with Crippen LogP contribution < -0.4 is 0 Å². The summed E-state index contributed by atoms with van der Waals surface area (Å²) in [6.45, 7) is 1.85. The normalized spacial score (nSPS) is 10.6. The van der Waals surface area contributed by atoms with Crippen LogP contribution in [0, 0.1) is 6.92 Å². The van der Waals surface area contributed by atoms with Gasteiger partial charge in [0, 0.05) is 21.7 Å². The van der Waals surface area contributed by atoms with Gasteiger partial charge < -0.3 is 4.52 Å². The van der Waals surface area contributed by atoms with Crippen molar-refractivity contribution < 1.29 is 9.32 Å². The lowest BCUT2D eigenvalue weighted by atomic mass is 9.94. The van der Waals surface area contributed by atoms with Crippen LogP contribution in [0.4, 0.5) is 0 Å². The molecule has 0 atom stereocenters. The molecule has 0 saturated heterocycles. The molecule has 0 bridgehead atoms. The van der Waals surface area contributed by atoms with Crippen molar-refractivity contribution in [2.24, 2.45) is 0 Å². The highest BCUT2D eigenvalue weighted by Gasteiger charge is 2.17. The van der Waals surface area contributed by atoms with Crippen LogP contribution in [-0.2, 0) is 0 Å². The summed E-state index contributed by atoms with van der Waals surface area (Å²) in [5.41, 5.74) is 3.61. The molecule has 3 nitrogen and oxygen atoms in total. The lowest BCUT2D eigenvalue weighted by Crippen LogP contribution is -2.03. The number of hydrogen-bond acceptors (Lipinski definition) is 3. The molecule has 0 amide bonds. The molecule has 104 valence electrons. The SMILES string of the molecule is Cc1nocc1-c1ccccc1C(=O)c1ccc(Cl)cc1. The minimum absolute atomic E-state index is 0.0529. The van der Waals surface area contributed by atoms with E-state index in [0.717, 1.165) is 16.8 Å². The van der Waals surface area contributed by atoms with Gasteiger partial charge in [-0.25, -0.2) is 0 Å². The average Bonchev–Trinajstić information content (AvgIpc) is 2.93. The van der Waals surface area contributed by atoms with E-state index >= 15 is 0 Å². The molecule has 0 spiro atoms. The minimum atomic E-state index is -0.0529. The molecule has 4 heteroatoms. The Kier molecular flexibility index (Phi) is 3.59. The van der Waals surface area contributed by atoms with Gasteiger partial charge in [0.25, 0.3) is 0 Å². The van der Waals surface area contributed by atoms with Gasteiger partial charge in [0.15, 0.2) is 5.78 Å².